The number of carbonyl (C=O) groups is 1. The van der Waals surface area contributed by atoms with Crippen molar-refractivity contribution in [3.63, 3.8) is 0 Å². The number of hydrogen-bond donors (Lipinski definition) is 1. The molecule has 5 nitrogen and oxygen atoms in total. The van der Waals surface area contributed by atoms with Crippen LogP contribution in [0.4, 0.5) is 0 Å². The number of nitrogens with zero attached hydrogens (tertiary/aromatic N) is 1. The van der Waals surface area contributed by atoms with E-state index in [-0.39, 0.29) is 5.91 Å². The molecule has 0 atom stereocenters. The van der Waals surface area contributed by atoms with E-state index in [2.05, 4.69) is 5.32 Å². The van der Waals surface area contributed by atoms with Gasteiger partial charge in [0.1, 0.15) is 13.2 Å². The molecule has 0 fully saturated rings. The lowest BCUT2D eigenvalue weighted by molar-refractivity contribution is -0.122. The maximum atomic E-state index is 12.1. The van der Waals surface area contributed by atoms with Crippen molar-refractivity contribution in [1.29, 1.82) is 0 Å². The molecule has 0 radical (unpaired) electrons. The molecule has 0 saturated heterocycles. The fourth-order valence-electron chi connectivity index (χ4n) is 2.69. The predicted octanol–water partition coefficient (Wildman–Crippen LogP) is 2.86. The van der Waals surface area contributed by atoms with E-state index in [1.165, 1.54) is 0 Å². The average Bonchev–Trinajstić information content (AvgIpc) is 2.61. The van der Waals surface area contributed by atoms with Crippen LogP contribution >= 0.6 is 11.6 Å². The molecule has 1 aliphatic heterocycles. The Balaban J connectivity index is 1.49. The molecule has 25 heavy (non-hydrogen) atoms. The quantitative estimate of drug-likeness (QED) is 0.860. The Hall–Kier alpha value is -2.24. The van der Waals surface area contributed by atoms with E-state index >= 15 is 0 Å². The van der Waals surface area contributed by atoms with E-state index in [4.69, 9.17) is 21.1 Å². The van der Waals surface area contributed by atoms with Gasteiger partial charge in [-0.3, -0.25) is 9.69 Å². The summed E-state index contributed by atoms with van der Waals surface area (Å²) in [6.45, 7) is 2.53. The second-order valence-electron chi connectivity index (χ2n) is 6.02. The van der Waals surface area contributed by atoms with Crippen LogP contribution < -0.4 is 14.8 Å². The van der Waals surface area contributed by atoms with Crippen LogP contribution in [-0.4, -0.2) is 37.6 Å². The monoisotopic (exact) mass is 360 g/mol. The molecule has 6 heteroatoms. The number of amides is 1. The summed E-state index contributed by atoms with van der Waals surface area (Å²) in [5, 5.41) is 3.56. The summed E-state index contributed by atoms with van der Waals surface area (Å²) < 4.78 is 11.1. The maximum Gasteiger partial charge on any atom is 0.234 e. The first-order valence-electron chi connectivity index (χ1n) is 8.19. The topological polar surface area (TPSA) is 50.8 Å². The molecule has 0 spiro atoms. The SMILES string of the molecule is CN(CC(=O)NCc1ccccc1Cl)Cc1ccc2c(c1)OCCO2. The van der Waals surface area contributed by atoms with Gasteiger partial charge in [-0.25, -0.2) is 0 Å². The minimum Gasteiger partial charge on any atom is -0.486 e. The molecule has 0 saturated carbocycles. The normalized spacial score (nSPS) is 12.9. The highest BCUT2D eigenvalue weighted by molar-refractivity contribution is 6.31. The minimum absolute atomic E-state index is 0.0417. The van der Waals surface area contributed by atoms with Crippen molar-refractivity contribution in [2.24, 2.45) is 0 Å². The van der Waals surface area contributed by atoms with Crippen molar-refractivity contribution in [2.45, 2.75) is 13.1 Å². The van der Waals surface area contributed by atoms with Gasteiger partial charge in [-0.15, -0.1) is 0 Å². The van der Waals surface area contributed by atoms with E-state index in [1.807, 2.05) is 54.4 Å². The van der Waals surface area contributed by atoms with E-state index in [9.17, 15) is 4.79 Å². The summed E-state index contributed by atoms with van der Waals surface area (Å²) in [4.78, 5) is 14.1. The van der Waals surface area contributed by atoms with Crippen LogP contribution in [0, 0.1) is 0 Å². The average molecular weight is 361 g/mol. The Morgan fingerprint density at radius 3 is 2.72 bits per heavy atom. The molecule has 0 unspecified atom stereocenters. The van der Waals surface area contributed by atoms with Crippen LogP contribution in [0.15, 0.2) is 42.5 Å². The van der Waals surface area contributed by atoms with Crippen LogP contribution in [0.25, 0.3) is 0 Å². The van der Waals surface area contributed by atoms with Crippen LogP contribution in [0.2, 0.25) is 5.02 Å². The third-order valence-electron chi connectivity index (χ3n) is 3.91. The van der Waals surface area contributed by atoms with Crippen molar-refractivity contribution in [2.75, 3.05) is 26.8 Å². The van der Waals surface area contributed by atoms with Crippen molar-refractivity contribution < 1.29 is 14.3 Å². The van der Waals surface area contributed by atoms with Gasteiger partial charge in [0.15, 0.2) is 11.5 Å². The number of carbonyl (C=O) groups excluding carboxylic acids is 1. The van der Waals surface area contributed by atoms with Gasteiger partial charge in [-0.05, 0) is 36.4 Å². The summed E-state index contributed by atoms with van der Waals surface area (Å²) in [7, 11) is 1.91. The van der Waals surface area contributed by atoms with Crippen LogP contribution in [0.3, 0.4) is 0 Å². The minimum atomic E-state index is -0.0417. The molecular formula is C19H21ClN2O3. The number of benzene rings is 2. The number of ether oxygens (including phenoxy) is 2. The van der Waals surface area contributed by atoms with Gasteiger partial charge in [0.2, 0.25) is 5.91 Å². The summed E-state index contributed by atoms with van der Waals surface area (Å²) in [6.07, 6.45) is 0. The smallest absolute Gasteiger partial charge is 0.234 e. The zero-order valence-electron chi connectivity index (χ0n) is 14.1. The number of fused-ring (bicyclic) bond motifs is 1. The lowest BCUT2D eigenvalue weighted by Crippen LogP contribution is -2.34. The molecule has 2 aromatic rings. The number of nitrogens with one attached hydrogen (secondary N) is 1. The second-order valence-corrected chi connectivity index (χ2v) is 6.43. The summed E-state index contributed by atoms with van der Waals surface area (Å²) in [5.74, 6) is 1.50. The number of hydrogen-bond acceptors (Lipinski definition) is 4. The number of rotatable bonds is 6. The van der Waals surface area contributed by atoms with E-state index in [1.54, 1.807) is 0 Å². The van der Waals surface area contributed by atoms with Crippen molar-refractivity contribution in [3.05, 3.63) is 58.6 Å². The lowest BCUT2D eigenvalue weighted by atomic mass is 10.2. The molecule has 132 valence electrons. The molecule has 2 aromatic carbocycles. The Bertz CT molecular complexity index is 751. The van der Waals surface area contributed by atoms with Crippen molar-refractivity contribution in [1.82, 2.24) is 10.2 Å². The molecule has 1 heterocycles. The largest absolute Gasteiger partial charge is 0.486 e. The lowest BCUT2D eigenvalue weighted by Gasteiger charge is -2.21. The Kier molecular flexibility index (Phi) is 5.79. The highest BCUT2D eigenvalue weighted by Gasteiger charge is 2.13. The molecule has 1 amide bonds. The van der Waals surface area contributed by atoms with Crippen LogP contribution in [0.5, 0.6) is 11.5 Å². The van der Waals surface area contributed by atoms with Gasteiger partial charge in [-0.2, -0.15) is 0 Å². The molecule has 3 rings (SSSR count). The van der Waals surface area contributed by atoms with E-state index in [0.29, 0.717) is 37.9 Å². The predicted molar refractivity (Wildman–Crippen MR) is 97.1 cm³/mol. The first kappa shape index (κ1) is 17.6. The van der Waals surface area contributed by atoms with Crippen molar-refractivity contribution in [3.8, 4) is 11.5 Å². The second kappa shape index (κ2) is 8.23. The fourth-order valence-corrected chi connectivity index (χ4v) is 2.89. The first-order chi connectivity index (χ1) is 12.1. The maximum absolute atomic E-state index is 12.1. The molecule has 1 N–H and O–H groups in total. The van der Waals surface area contributed by atoms with E-state index < -0.39 is 0 Å². The summed E-state index contributed by atoms with van der Waals surface area (Å²) in [5.41, 5.74) is 1.98. The molecular weight excluding hydrogens is 340 g/mol. The zero-order valence-corrected chi connectivity index (χ0v) is 14.9. The highest BCUT2D eigenvalue weighted by Crippen LogP contribution is 2.30. The number of likely N-dealkylation sites (N-methyl/N-ethyl adjacent to an activating group) is 1. The van der Waals surface area contributed by atoms with E-state index in [0.717, 1.165) is 22.6 Å². The fraction of sp³-hybridized carbons (Fsp3) is 0.316. The van der Waals surface area contributed by atoms with Gasteiger partial charge in [-0.1, -0.05) is 35.9 Å². The summed E-state index contributed by atoms with van der Waals surface area (Å²) >= 11 is 6.09. The van der Waals surface area contributed by atoms with Gasteiger partial charge in [0, 0.05) is 18.1 Å². The standard InChI is InChI=1S/C19H21ClN2O3/c1-22(12-14-6-7-17-18(10-14)25-9-8-24-17)13-19(23)21-11-15-4-2-3-5-16(15)20/h2-7,10H,8-9,11-13H2,1H3,(H,21,23). The van der Waals surface area contributed by atoms with Crippen molar-refractivity contribution >= 4 is 17.5 Å². The summed E-state index contributed by atoms with van der Waals surface area (Å²) in [6, 6.07) is 13.4. The third-order valence-corrected chi connectivity index (χ3v) is 4.28. The third kappa shape index (κ3) is 4.87. The Labute approximate surface area is 152 Å². The first-order valence-corrected chi connectivity index (χ1v) is 8.57. The van der Waals surface area contributed by atoms with Crippen LogP contribution in [-0.2, 0) is 17.9 Å². The molecule has 0 aliphatic carbocycles. The molecule has 1 aliphatic rings. The molecule has 0 bridgehead atoms. The van der Waals surface area contributed by atoms with Crippen LogP contribution in [0.1, 0.15) is 11.1 Å². The van der Waals surface area contributed by atoms with Gasteiger partial charge < -0.3 is 14.8 Å². The Morgan fingerprint density at radius 2 is 1.92 bits per heavy atom. The zero-order chi connectivity index (χ0) is 17.6. The number of halogens is 1. The van der Waals surface area contributed by atoms with Gasteiger partial charge in [0.25, 0.3) is 0 Å². The molecule has 0 aromatic heterocycles. The van der Waals surface area contributed by atoms with Gasteiger partial charge in [0.05, 0.1) is 6.54 Å². The highest BCUT2D eigenvalue weighted by atomic mass is 35.5. The van der Waals surface area contributed by atoms with Gasteiger partial charge >= 0.3 is 0 Å². The Morgan fingerprint density at radius 1 is 1.16 bits per heavy atom.